The minimum Gasteiger partial charge on any atom is -0.389 e. The van der Waals surface area contributed by atoms with Crippen molar-refractivity contribution in [2.45, 2.75) is 57.7 Å². The number of hydrogen-bond acceptors (Lipinski definition) is 2. The smallest absolute Gasteiger partial charge is 0.0774 e. The molecule has 0 unspecified atom stereocenters. The molecule has 1 fully saturated rings. The largest absolute Gasteiger partial charge is 0.389 e. The van der Waals surface area contributed by atoms with Gasteiger partial charge >= 0.3 is 0 Å². The first-order valence-corrected chi connectivity index (χ1v) is 10.2. The topological polar surface area (TPSA) is 32.3 Å². The van der Waals surface area contributed by atoms with Crippen LogP contribution in [-0.2, 0) is 0 Å². The highest BCUT2D eigenvalue weighted by atomic mass is 16.3. The van der Waals surface area contributed by atoms with Gasteiger partial charge in [0, 0.05) is 23.9 Å². The first-order valence-electron chi connectivity index (χ1n) is 10.2. The van der Waals surface area contributed by atoms with Gasteiger partial charge in [-0.3, -0.25) is 0 Å². The molecular weight excluding hydrogens is 330 g/mol. The second kappa shape index (κ2) is 8.41. The third kappa shape index (κ3) is 4.02. The highest BCUT2D eigenvalue weighted by Gasteiger charge is 2.52. The van der Waals surface area contributed by atoms with Gasteiger partial charge in [-0.05, 0) is 30.9 Å². The molecular formula is C25H33NO. The molecule has 2 aromatic carbocycles. The van der Waals surface area contributed by atoms with Crippen molar-refractivity contribution in [2.24, 2.45) is 11.8 Å². The minimum atomic E-state index is -0.784. The van der Waals surface area contributed by atoms with Crippen molar-refractivity contribution >= 4 is 0 Å². The van der Waals surface area contributed by atoms with Crippen LogP contribution in [-0.4, -0.2) is 10.7 Å². The van der Waals surface area contributed by atoms with Gasteiger partial charge in [0.2, 0.25) is 0 Å². The Kier molecular flexibility index (Phi) is 6.18. The van der Waals surface area contributed by atoms with Crippen molar-refractivity contribution in [1.29, 1.82) is 0 Å². The van der Waals surface area contributed by atoms with Crippen LogP contribution in [0.2, 0.25) is 0 Å². The SMILES string of the molecule is C=C(C)C[C@]1(O)[C@H](CCC)[C@@H](c2ccccc2)N[C@H](c2ccccc2)[C@@H]1C. The van der Waals surface area contributed by atoms with Gasteiger partial charge in [0.25, 0.3) is 0 Å². The average molecular weight is 364 g/mol. The van der Waals surface area contributed by atoms with Crippen molar-refractivity contribution in [3.63, 3.8) is 0 Å². The van der Waals surface area contributed by atoms with Crippen LogP contribution in [0.3, 0.4) is 0 Å². The van der Waals surface area contributed by atoms with E-state index in [9.17, 15) is 5.11 Å². The Hall–Kier alpha value is -1.90. The molecule has 2 nitrogen and oxygen atoms in total. The summed E-state index contributed by atoms with van der Waals surface area (Å²) in [6, 6.07) is 21.4. The Morgan fingerprint density at radius 3 is 2.00 bits per heavy atom. The molecule has 1 aliphatic rings. The molecule has 0 saturated carbocycles. The normalized spacial score (nSPS) is 30.8. The summed E-state index contributed by atoms with van der Waals surface area (Å²) in [5, 5.41) is 16.0. The van der Waals surface area contributed by atoms with E-state index in [1.807, 2.05) is 13.0 Å². The maximum Gasteiger partial charge on any atom is 0.0774 e. The Morgan fingerprint density at radius 1 is 1.00 bits per heavy atom. The fourth-order valence-electron chi connectivity index (χ4n) is 4.91. The van der Waals surface area contributed by atoms with E-state index in [-0.39, 0.29) is 23.9 Å². The van der Waals surface area contributed by atoms with Crippen molar-refractivity contribution < 1.29 is 5.11 Å². The molecule has 5 atom stereocenters. The maximum absolute atomic E-state index is 12.1. The first kappa shape index (κ1) is 19.9. The van der Waals surface area contributed by atoms with E-state index in [2.05, 4.69) is 80.3 Å². The third-order valence-corrected chi connectivity index (χ3v) is 6.19. The summed E-state index contributed by atoms with van der Waals surface area (Å²) < 4.78 is 0. The van der Waals surface area contributed by atoms with Crippen molar-refractivity contribution in [2.75, 3.05) is 0 Å². The molecule has 2 aromatic rings. The second-order valence-corrected chi connectivity index (χ2v) is 8.25. The van der Waals surface area contributed by atoms with Crippen LogP contribution in [0.4, 0.5) is 0 Å². The van der Waals surface area contributed by atoms with Crippen LogP contribution >= 0.6 is 0 Å². The average Bonchev–Trinajstić information content (AvgIpc) is 2.67. The standard InChI is InChI=1S/C25H33NO/c1-5-12-22-24(21-15-10-7-11-16-21)26-23(20-13-8-6-9-14-20)19(4)25(22,27)17-18(2)3/h6-11,13-16,19,22-24,26-27H,2,5,12,17H2,1,3-4H3/t19-,22+,23-,24+,25+/m0/s1. The molecule has 0 amide bonds. The number of aliphatic hydroxyl groups is 1. The molecule has 27 heavy (non-hydrogen) atoms. The fraction of sp³-hybridized carbons (Fsp3) is 0.440. The zero-order valence-corrected chi connectivity index (χ0v) is 16.9. The second-order valence-electron chi connectivity index (χ2n) is 8.25. The van der Waals surface area contributed by atoms with Crippen LogP contribution in [0.5, 0.6) is 0 Å². The van der Waals surface area contributed by atoms with E-state index in [1.54, 1.807) is 0 Å². The molecule has 2 heteroatoms. The molecule has 0 spiro atoms. The molecule has 0 radical (unpaired) electrons. The van der Waals surface area contributed by atoms with Crippen LogP contribution in [0.1, 0.15) is 63.2 Å². The number of hydrogen-bond donors (Lipinski definition) is 2. The maximum atomic E-state index is 12.1. The van der Waals surface area contributed by atoms with Crippen molar-refractivity contribution in [3.8, 4) is 0 Å². The van der Waals surface area contributed by atoms with Gasteiger partial charge < -0.3 is 10.4 Å². The Balaban J connectivity index is 2.09. The summed E-state index contributed by atoms with van der Waals surface area (Å²) in [5.74, 6) is 0.240. The zero-order valence-electron chi connectivity index (χ0n) is 16.9. The van der Waals surface area contributed by atoms with E-state index >= 15 is 0 Å². The molecule has 3 rings (SSSR count). The summed E-state index contributed by atoms with van der Waals surface area (Å²) in [6.07, 6.45) is 2.69. The lowest BCUT2D eigenvalue weighted by atomic mass is 9.62. The highest BCUT2D eigenvalue weighted by Crippen LogP contribution is 2.50. The van der Waals surface area contributed by atoms with Gasteiger partial charge in [0.1, 0.15) is 0 Å². The molecule has 0 aromatic heterocycles. The fourth-order valence-corrected chi connectivity index (χ4v) is 4.91. The Morgan fingerprint density at radius 2 is 1.52 bits per heavy atom. The van der Waals surface area contributed by atoms with Gasteiger partial charge in [0.05, 0.1) is 5.60 Å². The van der Waals surface area contributed by atoms with E-state index in [1.165, 1.54) is 11.1 Å². The van der Waals surface area contributed by atoms with Gasteiger partial charge in [-0.1, -0.05) is 86.5 Å². The molecule has 1 heterocycles. The van der Waals surface area contributed by atoms with Gasteiger partial charge in [-0.15, -0.1) is 6.58 Å². The van der Waals surface area contributed by atoms with E-state index in [4.69, 9.17) is 0 Å². The number of piperidine rings is 1. The first-order chi connectivity index (χ1) is 13.0. The predicted molar refractivity (Wildman–Crippen MR) is 113 cm³/mol. The van der Waals surface area contributed by atoms with E-state index in [0.29, 0.717) is 6.42 Å². The van der Waals surface area contributed by atoms with Crippen molar-refractivity contribution in [3.05, 3.63) is 83.9 Å². The van der Waals surface area contributed by atoms with Gasteiger partial charge in [0.15, 0.2) is 0 Å². The van der Waals surface area contributed by atoms with Gasteiger partial charge in [-0.25, -0.2) is 0 Å². The van der Waals surface area contributed by atoms with E-state index in [0.717, 1.165) is 18.4 Å². The van der Waals surface area contributed by atoms with Crippen LogP contribution in [0, 0.1) is 11.8 Å². The number of rotatable bonds is 6. The quantitative estimate of drug-likeness (QED) is 0.634. The van der Waals surface area contributed by atoms with Gasteiger partial charge in [-0.2, -0.15) is 0 Å². The van der Waals surface area contributed by atoms with Crippen LogP contribution in [0.25, 0.3) is 0 Å². The van der Waals surface area contributed by atoms with Crippen molar-refractivity contribution in [1.82, 2.24) is 5.32 Å². The van der Waals surface area contributed by atoms with Crippen LogP contribution in [0.15, 0.2) is 72.8 Å². The summed E-state index contributed by atoms with van der Waals surface area (Å²) in [7, 11) is 0. The zero-order chi connectivity index (χ0) is 19.4. The lowest BCUT2D eigenvalue weighted by Crippen LogP contribution is -2.58. The molecule has 1 aliphatic heterocycles. The lowest BCUT2D eigenvalue weighted by molar-refractivity contribution is -0.119. The third-order valence-electron chi connectivity index (χ3n) is 6.19. The number of nitrogens with one attached hydrogen (secondary N) is 1. The summed E-state index contributed by atoms with van der Waals surface area (Å²) >= 11 is 0. The Bertz CT molecular complexity index is 741. The Labute approximate surface area is 164 Å². The number of benzene rings is 2. The molecule has 0 aliphatic carbocycles. The lowest BCUT2D eigenvalue weighted by Gasteiger charge is -2.53. The van der Waals surface area contributed by atoms with E-state index < -0.39 is 5.60 Å². The molecule has 144 valence electrons. The molecule has 1 saturated heterocycles. The highest BCUT2D eigenvalue weighted by molar-refractivity contribution is 5.28. The minimum absolute atomic E-state index is 0.0908. The van der Waals surface area contributed by atoms with Crippen LogP contribution < -0.4 is 5.32 Å². The predicted octanol–water partition coefficient (Wildman–Crippen LogP) is 5.82. The summed E-state index contributed by atoms with van der Waals surface area (Å²) in [4.78, 5) is 0. The summed E-state index contributed by atoms with van der Waals surface area (Å²) in [5.41, 5.74) is 2.75. The monoisotopic (exact) mass is 363 g/mol. The molecule has 2 N–H and O–H groups in total. The molecule has 0 bridgehead atoms. The summed E-state index contributed by atoms with van der Waals surface area (Å²) in [6.45, 7) is 10.6.